The van der Waals surface area contributed by atoms with E-state index in [1.807, 2.05) is 48.5 Å². The first-order chi connectivity index (χ1) is 25.0. The van der Waals surface area contributed by atoms with Crippen LogP contribution in [0.1, 0.15) is 129 Å². The van der Waals surface area contributed by atoms with Crippen LogP contribution in [0.5, 0.6) is 23.0 Å². The number of unbranched alkanes of at least 4 members (excludes halogenated alkanes) is 10. The minimum Gasteiger partial charge on any atom is -0.494 e. The molecule has 0 fully saturated rings. The predicted octanol–water partition coefficient (Wildman–Crippen LogP) is 11.8. The molecule has 4 aromatic carbocycles. The van der Waals surface area contributed by atoms with Crippen molar-refractivity contribution in [2.75, 3.05) is 13.2 Å². The predicted molar refractivity (Wildman–Crippen MR) is 205 cm³/mol. The summed E-state index contributed by atoms with van der Waals surface area (Å²) in [5, 5.41) is 0. The second-order valence-corrected chi connectivity index (χ2v) is 13.2. The second kappa shape index (κ2) is 23.0. The Labute approximate surface area is 305 Å². The molecule has 0 unspecified atom stereocenters. The van der Waals surface area contributed by atoms with Crippen molar-refractivity contribution < 1.29 is 28.5 Å². The maximum atomic E-state index is 12.6. The van der Waals surface area contributed by atoms with E-state index in [-0.39, 0.29) is 11.9 Å². The van der Waals surface area contributed by atoms with Gasteiger partial charge in [-0.2, -0.15) is 0 Å². The topological polar surface area (TPSA) is 71.1 Å². The molecule has 0 spiro atoms. The van der Waals surface area contributed by atoms with Crippen molar-refractivity contribution in [1.82, 2.24) is 0 Å². The maximum absolute atomic E-state index is 12.6. The van der Waals surface area contributed by atoms with Gasteiger partial charge in [-0.05, 0) is 122 Å². The van der Waals surface area contributed by atoms with Crippen molar-refractivity contribution in [3.05, 3.63) is 119 Å². The van der Waals surface area contributed by atoms with E-state index < -0.39 is 0 Å². The zero-order valence-corrected chi connectivity index (χ0v) is 30.7. The standard InChI is InChI=1S/C45H56O6/c1-3-5-14-34-48-40-30-22-38(23-31-40)44(46)50-42-26-18-36(19-27-42)16-12-10-8-7-9-11-13-17-37-20-28-43(29-21-37)51-45(47)39-24-32-41(33-25-39)49-35-15-6-4-2/h18-33H,3-17,34-35H2,1-2H3. The number of rotatable bonds is 24. The third-order valence-corrected chi connectivity index (χ3v) is 8.91. The van der Waals surface area contributed by atoms with Crippen LogP contribution in [0.3, 0.4) is 0 Å². The summed E-state index contributed by atoms with van der Waals surface area (Å²) in [6, 6.07) is 30.0. The lowest BCUT2D eigenvalue weighted by Gasteiger charge is -2.08. The normalized spacial score (nSPS) is 10.9. The summed E-state index contributed by atoms with van der Waals surface area (Å²) in [7, 11) is 0. The molecular weight excluding hydrogens is 636 g/mol. The lowest BCUT2D eigenvalue weighted by molar-refractivity contribution is 0.0725. The summed E-state index contributed by atoms with van der Waals surface area (Å²) in [6.07, 6.45) is 17.2. The highest BCUT2D eigenvalue weighted by Crippen LogP contribution is 2.21. The van der Waals surface area contributed by atoms with Crippen LogP contribution in [0.2, 0.25) is 0 Å². The lowest BCUT2D eigenvalue weighted by atomic mass is 10.0. The summed E-state index contributed by atoms with van der Waals surface area (Å²) in [5.74, 6) is 1.94. The lowest BCUT2D eigenvalue weighted by Crippen LogP contribution is -2.08. The number of hydrogen-bond donors (Lipinski definition) is 0. The first-order valence-electron chi connectivity index (χ1n) is 19.1. The molecule has 6 nitrogen and oxygen atoms in total. The van der Waals surface area contributed by atoms with Crippen molar-refractivity contribution in [3.63, 3.8) is 0 Å². The van der Waals surface area contributed by atoms with E-state index in [9.17, 15) is 9.59 Å². The van der Waals surface area contributed by atoms with Gasteiger partial charge in [0.2, 0.25) is 0 Å². The molecule has 0 amide bonds. The van der Waals surface area contributed by atoms with E-state index >= 15 is 0 Å². The molecule has 0 aliphatic heterocycles. The number of hydrogen-bond acceptors (Lipinski definition) is 6. The highest BCUT2D eigenvalue weighted by molar-refractivity contribution is 5.91. The van der Waals surface area contributed by atoms with E-state index in [0.717, 1.165) is 75.7 Å². The molecule has 0 aliphatic carbocycles. The Bertz CT molecular complexity index is 1420. The molecule has 0 saturated heterocycles. The fourth-order valence-electron chi connectivity index (χ4n) is 5.78. The fourth-order valence-corrected chi connectivity index (χ4v) is 5.78. The average molecular weight is 693 g/mol. The first kappa shape index (κ1) is 39.2. The molecular formula is C45H56O6. The summed E-state index contributed by atoms with van der Waals surface area (Å²) in [6.45, 7) is 5.72. The number of ether oxygens (including phenoxy) is 4. The summed E-state index contributed by atoms with van der Waals surface area (Å²) in [4.78, 5) is 25.1. The molecule has 0 bridgehead atoms. The minimum absolute atomic E-state index is 0.363. The zero-order valence-electron chi connectivity index (χ0n) is 30.7. The summed E-state index contributed by atoms with van der Waals surface area (Å²) < 4.78 is 22.6. The van der Waals surface area contributed by atoms with Gasteiger partial charge in [0.15, 0.2) is 0 Å². The average Bonchev–Trinajstić information content (AvgIpc) is 3.16. The quantitative estimate of drug-likeness (QED) is 0.0413. The molecule has 0 aliphatic rings. The van der Waals surface area contributed by atoms with Crippen molar-refractivity contribution in [3.8, 4) is 23.0 Å². The van der Waals surface area contributed by atoms with E-state index in [2.05, 4.69) is 38.1 Å². The summed E-state index contributed by atoms with van der Waals surface area (Å²) >= 11 is 0. The monoisotopic (exact) mass is 692 g/mol. The number of esters is 2. The Morgan fingerprint density at radius 1 is 0.392 bits per heavy atom. The Balaban J connectivity index is 1.02. The Kier molecular flexibility index (Phi) is 17.7. The van der Waals surface area contributed by atoms with Crippen LogP contribution in [-0.2, 0) is 12.8 Å². The first-order valence-corrected chi connectivity index (χ1v) is 19.1. The van der Waals surface area contributed by atoms with Gasteiger partial charge in [0.1, 0.15) is 23.0 Å². The van der Waals surface area contributed by atoms with Crippen molar-refractivity contribution in [2.45, 2.75) is 110 Å². The van der Waals surface area contributed by atoms with E-state index in [1.165, 1.54) is 43.2 Å². The van der Waals surface area contributed by atoms with Gasteiger partial charge in [0, 0.05) is 0 Å². The molecule has 0 saturated carbocycles. The Morgan fingerprint density at radius 3 is 1.08 bits per heavy atom. The van der Waals surface area contributed by atoms with Crippen molar-refractivity contribution in [1.29, 1.82) is 0 Å². The van der Waals surface area contributed by atoms with Gasteiger partial charge >= 0.3 is 11.9 Å². The number of benzene rings is 4. The Morgan fingerprint density at radius 2 is 0.725 bits per heavy atom. The molecule has 272 valence electrons. The molecule has 0 aromatic heterocycles. The van der Waals surface area contributed by atoms with Crippen LogP contribution in [0.4, 0.5) is 0 Å². The van der Waals surface area contributed by atoms with Gasteiger partial charge in [0.25, 0.3) is 0 Å². The van der Waals surface area contributed by atoms with Crippen LogP contribution in [0.15, 0.2) is 97.1 Å². The van der Waals surface area contributed by atoms with Gasteiger partial charge in [0.05, 0.1) is 24.3 Å². The van der Waals surface area contributed by atoms with Crippen molar-refractivity contribution in [2.24, 2.45) is 0 Å². The van der Waals surface area contributed by atoms with Gasteiger partial charge < -0.3 is 18.9 Å². The van der Waals surface area contributed by atoms with E-state index in [1.54, 1.807) is 24.3 Å². The largest absolute Gasteiger partial charge is 0.494 e. The van der Waals surface area contributed by atoms with E-state index in [0.29, 0.717) is 35.8 Å². The third kappa shape index (κ3) is 15.1. The van der Waals surface area contributed by atoms with Gasteiger partial charge in [-0.3, -0.25) is 0 Å². The Hall–Kier alpha value is -4.58. The van der Waals surface area contributed by atoms with Crippen LogP contribution in [-0.4, -0.2) is 25.2 Å². The highest BCUT2D eigenvalue weighted by atomic mass is 16.5. The van der Waals surface area contributed by atoms with Crippen LogP contribution < -0.4 is 18.9 Å². The molecule has 4 rings (SSSR count). The third-order valence-electron chi connectivity index (χ3n) is 8.91. The number of aryl methyl sites for hydroxylation is 2. The maximum Gasteiger partial charge on any atom is 0.343 e. The number of carbonyl (C=O) groups excluding carboxylic acids is 2. The molecule has 0 atom stereocenters. The van der Waals surface area contributed by atoms with Crippen LogP contribution in [0.25, 0.3) is 0 Å². The zero-order chi connectivity index (χ0) is 35.9. The van der Waals surface area contributed by atoms with Crippen molar-refractivity contribution >= 4 is 11.9 Å². The molecule has 0 radical (unpaired) electrons. The molecule has 6 heteroatoms. The molecule has 51 heavy (non-hydrogen) atoms. The minimum atomic E-state index is -0.363. The van der Waals surface area contributed by atoms with Crippen LogP contribution in [0, 0.1) is 0 Å². The smallest absolute Gasteiger partial charge is 0.343 e. The van der Waals surface area contributed by atoms with Gasteiger partial charge in [-0.15, -0.1) is 0 Å². The fraction of sp³-hybridized carbons (Fsp3) is 0.422. The molecule has 0 heterocycles. The van der Waals surface area contributed by atoms with E-state index in [4.69, 9.17) is 18.9 Å². The SMILES string of the molecule is CCCCCOc1ccc(C(=O)Oc2ccc(CCCCCCCCCc3ccc(OC(=O)c4ccc(OCCCCC)cc4)cc3)cc2)cc1. The molecule has 0 N–H and O–H groups in total. The van der Waals surface area contributed by atoms with Crippen LogP contribution >= 0.6 is 0 Å². The van der Waals surface area contributed by atoms with Gasteiger partial charge in [-0.1, -0.05) is 95.9 Å². The number of carbonyl (C=O) groups is 2. The molecule has 4 aromatic rings. The second-order valence-electron chi connectivity index (χ2n) is 13.2. The highest BCUT2D eigenvalue weighted by Gasteiger charge is 2.11. The summed E-state index contributed by atoms with van der Waals surface area (Å²) in [5.41, 5.74) is 3.54. The van der Waals surface area contributed by atoms with Gasteiger partial charge in [-0.25, -0.2) is 9.59 Å².